The van der Waals surface area contributed by atoms with Crippen LogP contribution in [0.4, 0.5) is 0 Å². The number of rotatable bonds is 2. The summed E-state index contributed by atoms with van der Waals surface area (Å²) in [5.41, 5.74) is 6.53. The molecule has 22 heavy (non-hydrogen) atoms. The number of hydrogen-bond acceptors (Lipinski definition) is 2. The monoisotopic (exact) mass is 298 g/mol. The predicted octanol–water partition coefficient (Wildman–Crippen LogP) is 4.59. The van der Waals surface area contributed by atoms with Gasteiger partial charge in [-0.3, -0.25) is 4.79 Å². The molecule has 1 N–H and O–H groups in total. The van der Waals surface area contributed by atoms with E-state index in [2.05, 4.69) is 0 Å². The molecule has 0 unspecified atom stereocenters. The summed E-state index contributed by atoms with van der Waals surface area (Å²) in [6.07, 6.45) is 0. The molecule has 0 aliphatic rings. The Morgan fingerprint density at radius 1 is 0.636 bits per heavy atom. The Kier molecular flexibility index (Phi) is 3.86. The van der Waals surface area contributed by atoms with Crippen LogP contribution < -0.4 is 0 Å². The standard InChI is InChI=1S/C19H22O3/c1-8-9(2)17-13(6)18(19(21)22)11(4)10(3)16(17)12(5)15(8)14(7)20/h1-7H3,(H,21,22). The molecule has 0 saturated carbocycles. The highest BCUT2D eigenvalue weighted by molar-refractivity contribution is 6.09. The number of carboxylic acid groups (broad SMARTS) is 1. The Morgan fingerprint density at radius 2 is 1.00 bits per heavy atom. The molecule has 0 aromatic heterocycles. The number of benzene rings is 2. The SMILES string of the molecule is CC(=O)c1c(C)c(C)c2c(C)c(C(=O)O)c(C)c(C)c2c1C. The first kappa shape index (κ1) is 16.2. The van der Waals surface area contributed by atoms with E-state index in [1.165, 1.54) is 0 Å². The smallest absolute Gasteiger partial charge is 0.336 e. The van der Waals surface area contributed by atoms with Gasteiger partial charge in [-0.05, 0) is 92.6 Å². The van der Waals surface area contributed by atoms with E-state index < -0.39 is 5.97 Å². The maximum atomic E-state index is 12.0. The molecule has 0 heterocycles. The van der Waals surface area contributed by atoms with Crippen molar-refractivity contribution in [1.29, 1.82) is 0 Å². The van der Waals surface area contributed by atoms with Crippen LogP contribution in [0.25, 0.3) is 10.8 Å². The highest BCUT2D eigenvalue weighted by Crippen LogP contribution is 2.37. The van der Waals surface area contributed by atoms with Crippen LogP contribution >= 0.6 is 0 Å². The Labute approximate surface area is 131 Å². The maximum Gasteiger partial charge on any atom is 0.336 e. The molecule has 116 valence electrons. The van der Waals surface area contributed by atoms with Crippen LogP contribution in [0.2, 0.25) is 0 Å². The van der Waals surface area contributed by atoms with Crippen LogP contribution in [0.15, 0.2) is 0 Å². The molecular formula is C19H22O3. The number of fused-ring (bicyclic) bond motifs is 1. The normalized spacial score (nSPS) is 11.0. The lowest BCUT2D eigenvalue weighted by molar-refractivity contribution is 0.0695. The molecule has 0 radical (unpaired) electrons. The molecule has 0 amide bonds. The van der Waals surface area contributed by atoms with Crippen molar-refractivity contribution < 1.29 is 14.7 Å². The fourth-order valence-corrected chi connectivity index (χ4v) is 3.72. The zero-order chi connectivity index (χ0) is 16.9. The second-order valence-corrected chi connectivity index (χ2v) is 6.11. The molecule has 3 heteroatoms. The molecule has 2 aromatic rings. The lowest BCUT2D eigenvalue weighted by Crippen LogP contribution is -2.10. The van der Waals surface area contributed by atoms with Gasteiger partial charge in [0, 0.05) is 5.56 Å². The minimum Gasteiger partial charge on any atom is -0.478 e. The van der Waals surface area contributed by atoms with Crippen LogP contribution in [-0.2, 0) is 0 Å². The summed E-state index contributed by atoms with van der Waals surface area (Å²) in [5.74, 6) is -0.845. The lowest BCUT2D eigenvalue weighted by atomic mass is 9.82. The third kappa shape index (κ3) is 2.04. The van der Waals surface area contributed by atoms with Crippen molar-refractivity contribution in [1.82, 2.24) is 0 Å². The molecule has 0 atom stereocenters. The number of aromatic carboxylic acids is 1. The first-order valence-corrected chi connectivity index (χ1v) is 7.38. The van der Waals surface area contributed by atoms with Gasteiger partial charge in [-0.2, -0.15) is 0 Å². The summed E-state index contributed by atoms with van der Waals surface area (Å²) < 4.78 is 0. The third-order valence-electron chi connectivity index (χ3n) is 4.94. The van der Waals surface area contributed by atoms with Gasteiger partial charge < -0.3 is 5.11 Å². The topological polar surface area (TPSA) is 54.4 Å². The van der Waals surface area contributed by atoms with Gasteiger partial charge in [-0.15, -0.1) is 0 Å². The zero-order valence-corrected chi connectivity index (χ0v) is 14.3. The van der Waals surface area contributed by atoms with Crippen molar-refractivity contribution in [3.05, 3.63) is 44.5 Å². The molecule has 0 aliphatic carbocycles. The van der Waals surface area contributed by atoms with E-state index in [1.54, 1.807) is 6.92 Å². The number of ketones is 1. The Morgan fingerprint density at radius 3 is 1.36 bits per heavy atom. The Balaban J connectivity index is 3.22. The lowest BCUT2D eigenvalue weighted by Gasteiger charge is -2.21. The summed E-state index contributed by atoms with van der Waals surface area (Å²) >= 11 is 0. The first-order valence-electron chi connectivity index (χ1n) is 7.38. The summed E-state index contributed by atoms with van der Waals surface area (Å²) in [6, 6.07) is 0. The van der Waals surface area contributed by atoms with Crippen LogP contribution in [0.1, 0.15) is 61.0 Å². The Bertz CT molecular complexity index is 771. The van der Waals surface area contributed by atoms with Crippen molar-refractivity contribution in [2.75, 3.05) is 0 Å². The van der Waals surface area contributed by atoms with E-state index in [4.69, 9.17) is 0 Å². The molecule has 3 nitrogen and oxygen atoms in total. The van der Waals surface area contributed by atoms with E-state index in [1.807, 2.05) is 41.5 Å². The fraction of sp³-hybridized carbons (Fsp3) is 0.368. The summed E-state index contributed by atoms with van der Waals surface area (Å²) in [4.78, 5) is 23.7. The van der Waals surface area contributed by atoms with Crippen molar-refractivity contribution in [3.8, 4) is 0 Å². The molecule has 0 saturated heterocycles. The van der Waals surface area contributed by atoms with Crippen molar-refractivity contribution >= 4 is 22.5 Å². The van der Waals surface area contributed by atoms with Crippen molar-refractivity contribution in [3.63, 3.8) is 0 Å². The second-order valence-electron chi connectivity index (χ2n) is 6.11. The van der Waals surface area contributed by atoms with Crippen molar-refractivity contribution in [2.24, 2.45) is 0 Å². The zero-order valence-electron chi connectivity index (χ0n) is 14.3. The van der Waals surface area contributed by atoms with Gasteiger partial charge >= 0.3 is 5.97 Å². The van der Waals surface area contributed by atoms with E-state index in [0.29, 0.717) is 5.56 Å². The van der Waals surface area contributed by atoms with E-state index in [0.717, 1.165) is 49.7 Å². The molecule has 0 spiro atoms. The third-order valence-corrected chi connectivity index (χ3v) is 4.94. The van der Waals surface area contributed by atoms with Gasteiger partial charge in [0.25, 0.3) is 0 Å². The van der Waals surface area contributed by atoms with Crippen molar-refractivity contribution in [2.45, 2.75) is 48.5 Å². The summed E-state index contributed by atoms with van der Waals surface area (Å²) in [5, 5.41) is 11.5. The van der Waals surface area contributed by atoms with Gasteiger partial charge in [0.15, 0.2) is 5.78 Å². The van der Waals surface area contributed by atoms with Gasteiger partial charge in [0.2, 0.25) is 0 Å². The van der Waals surface area contributed by atoms with Gasteiger partial charge in [-0.1, -0.05) is 0 Å². The molecule has 2 rings (SSSR count). The number of Topliss-reactive ketones (excluding diaryl/α,β-unsaturated/α-hetero) is 1. The first-order chi connectivity index (χ1) is 10.1. The molecule has 0 aliphatic heterocycles. The number of aryl methyl sites for hydroxylation is 4. The van der Waals surface area contributed by atoms with Crippen LogP contribution in [-0.4, -0.2) is 16.9 Å². The summed E-state index contributed by atoms with van der Waals surface area (Å²) in [7, 11) is 0. The van der Waals surface area contributed by atoms with Crippen LogP contribution in [0.3, 0.4) is 0 Å². The van der Waals surface area contributed by atoms with Crippen LogP contribution in [0.5, 0.6) is 0 Å². The number of carbonyl (C=O) groups is 2. The minimum atomic E-state index is -0.898. The average molecular weight is 298 g/mol. The van der Waals surface area contributed by atoms with Gasteiger partial charge in [0.1, 0.15) is 0 Å². The quantitative estimate of drug-likeness (QED) is 0.825. The fourth-order valence-electron chi connectivity index (χ4n) is 3.72. The maximum absolute atomic E-state index is 12.0. The average Bonchev–Trinajstić information content (AvgIpc) is 2.39. The highest BCUT2D eigenvalue weighted by Gasteiger charge is 2.23. The molecule has 0 bridgehead atoms. The largest absolute Gasteiger partial charge is 0.478 e. The molecular weight excluding hydrogens is 276 g/mol. The number of hydrogen-bond donors (Lipinski definition) is 1. The van der Waals surface area contributed by atoms with Crippen LogP contribution in [0, 0.1) is 41.5 Å². The number of carbonyl (C=O) groups excluding carboxylic acids is 1. The van der Waals surface area contributed by atoms with E-state index in [-0.39, 0.29) is 5.78 Å². The molecule has 2 aromatic carbocycles. The second kappa shape index (κ2) is 5.24. The molecule has 0 fully saturated rings. The predicted molar refractivity (Wildman–Crippen MR) is 89.3 cm³/mol. The van der Waals surface area contributed by atoms with E-state index >= 15 is 0 Å². The van der Waals surface area contributed by atoms with Gasteiger partial charge in [0.05, 0.1) is 5.56 Å². The summed E-state index contributed by atoms with van der Waals surface area (Å²) in [6.45, 7) is 13.1. The van der Waals surface area contributed by atoms with Gasteiger partial charge in [-0.25, -0.2) is 4.79 Å². The minimum absolute atomic E-state index is 0.0528. The van der Waals surface area contributed by atoms with E-state index in [9.17, 15) is 14.7 Å². The number of carboxylic acids is 1. The Hall–Kier alpha value is -2.16. The highest BCUT2D eigenvalue weighted by atomic mass is 16.4.